The van der Waals surface area contributed by atoms with Crippen LogP contribution in [0, 0.1) is 13.8 Å². The largest absolute Gasteiger partial charge is 0.334 e. The summed E-state index contributed by atoms with van der Waals surface area (Å²) in [5.41, 5.74) is 3.79. The van der Waals surface area contributed by atoms with E-state index in [1.54, 1.807) is 11.1 Å². The molecule has 0 aliphatic carbocycles. The van der Waals surface area contributed by atoms with Gasteiger partial charge in [0.15, 0.2) is 5.82 Å². The maximum absolute atomic E-state index is 12.4. The van der Waals surface area contributed by atoms with Crippen LogP contribution in [0.15, 0.2) is 47.1 Å². The highest BCUT2D eigenvalue weighted by Crippen LogP contribution is 2.31. The summed E-state index contributed by atoms with van der Waals surface area (Å²) in [6.07, 6.45) is 2.10. The Morgan fingerprint density at radius 3 is 2.64 bits per heavy atom. The predicted octanol–water partition coefficient (Wildman–Crippen LogP) is 3.27. The van der Waals surface area contributed by atoms with Gasteiger partial charge in [0, 0.05) is 36.5 Å². The number of anilines is 1. The maximum Gasteiger partial charge on any atom is 0.259 e. The Morgan fingerprint density at radius 2 is 1.92 bits per heavy atom. The quantitative estimate of drug-likeness (QED) is 0.735. The number of pyridine rings is 1. The fourth-order valence-electron chi connectivity index (χ4n) is 2.97. The molecule has 1 atom stereocenters. The second kappa shape index (κ2) is 6.12. The molecule has 0 saturated carbocycles. The number of rotatable bonds is 3. The smallest absolute Gasteiger partial charge is 0.259 e. The summed E-state index contributed by atoms with van der Waals surface area (Å²) in [5.74, 6) is 1.02. The Hall–Kier alpha value is -3.02. The molecule has 0 bridgehead atoms. The Morgan fingerprint density at radius 1 is 1.12 bits per heavy atom. The lowest BCUT2D eigenvalue weighted by Gasteiger charge is -2.16. The highest BCUT2D eigenvalue weighted by molar-refractivity contribution is 5.96. The van der Waals surface area contributed by atoms with E-state index in [2.05, 4.69) is 15.1 Å². The first kappa shape index (κ1) is 15.5. The molecule has 0 radical (unpaired) electrons. The van der Waals surface area contributed by atoms with Crippen LogP contribution in [-0.4, -0.2) is 27.6 Å². The number of aryl methyl sites for hydroxylation is 2. The monoisotopic (exact) mass is 334 g/mol. The molecule has 0 unspecified atom stereocenters. The van der Waals surface area contributed by atoms with Crippen LogP contribution < -0.4 is 4.90 Å². The molecule has 1 saturated heterocycles. The van der Waals surface area contributed by atoms with Crippen LogP contribution in [0.2, 0.25) is 0 Å². The van der Waals surface area contributed by atoms with E-state index in [1.165, 1.54) is 5.56 Å². The summed E-state index contributed by atoms with van der Waals surface area (Å²) in [6, 6.07) is 11.7. The second-order valence-corrected chi connectivity index (χ2v) is 6.39. The van der Waals surface area contributed by atoms with Crippen LogP contribution >= 0.6 is 0 Å². The molecule has 1 aliphatic rings. The minimum atomic E-state index is -0.0651. The number of amides is 1. The van der Waals surface area contributed by atoms with E-state index in [0.717, 1.165) is 16.9 Å². The van der Waals surface area contributed by atoms with E-state index in [-0.39, 0.29) is 11.8 Å². The van der Waals surface area contributed by atoms with Gasteiger partial charge in [0.05, 0.1) is 5.56 Å². The SMILES string of the molecule is Cc1ccc(N2C[C@@H](c3noc(-c4ccc(C)nc4)n3)CC2=O)cc1. The highest BCUT2D eigenvalue weighted by Gasteiger charge is 2.34. The van der Waals surface area contributed by atoms with Crippen molar-refractivity contribution in [1.29, 1.82) is 0 Å². The average Bonchev–Trinajstić information content (AvgIpc) is 3.23. The third-order valence-electron chi connectivity index (χ3n) is 4.44. The molecule has 126 valence electrons. The third kappa shape index (κ3) is 3.03. The van der Waals surface area contributed by atoms with Crippen molar-refractivity contribution in [2.45, 2.75) is 26.2 Å². The number of carbonyl (C=O) groups is 1. The third-order valence-corrected chi connectivity index (χ3v) is 4.44. The van der Waals surface area contributed by atoms with E-state index in [0.29, 0.717) is 24.7 Å². The van der Waals surface area contributed by atoms with Crippen LogP contribution in [0.4, 0.5) is 5.69 Å². The molecular weight excluding hydrogens is 316 g/mol. The van der Waals surface area contributed by atoms with E-state index < -0.39 is 0 Å². The standard InChI is InChI=1S/C19H18N4O2/c1-12-3-7-16(8-4-12)23-11-15(9-17(23)24)18-21-19(25-22-18)14-6-5-13(2)20-10-14/h3-8,10,15H,9,11H2,1-2H3/t15-/m0/s1. The van der Waals surface area contributed by atoms with Gasteiger partial charge in [-0.15, -0.1) is 0 Å². The zero-order chi connectivity index (χ0) is 17.4. The van der Waals surface area contributed by atoms with Crippen molar-refractivity contribution < 1.29 is 9.32 Å². The number of hydrogen-bond acceptors (Lipinski definition) is 5. The maximum atomic E-state index is 12.4. The van der Waals surface area contributed by atoms with Crippen LogP contribution in [0.25, 0.3) is 11.5 Å². The molecule has 0 spiro atoms. The summed E-state index contributed by atoms with van der Waals surface area (Å²) in [5, 5.41) is 4.08. The number of nitrogens with zero attached hydrogens (tertiary/aromatic N) is 4. The molecule has 1 aliphatic heterocycles. The topological polar surface area (TPSA) is 72.1 Å². The van der Waals surface area contributed by atoms with E-state index in [9.17, 15) is 4.79 Å². The average molecular weight is 334 g/mol. The van der Waals surface area contributed by atoms with Gasteiger partial charge in [-0.3, -0.25) is 9.78 Å². The number of benzene rings is 1. The van der Waals surface area contributed by atoms with Crippen LogP contribution in [0.3, 0.4) is 0 Å². The van der Waals surface area contributed by atoms with Crippen LogP contribution in [-0.2, 0) is 4.79 Å². The highest BCUT2D eigenvalue weighted by atomic mass is 16.5. The predicted molar refractivity (Wildman–Crippen MR) is 93.2 cm³/mol. The van der Waals surface area contributed by atoms with Gasteiger partial charge in [0.2, 0.25) is 5.91 Å². The van der Waals surface area contributed by atoms with Gasteiger partial charge >= 0.3 is 0 Å². The molecule has 25 heavy (non-hydrogen) atoms. The molecule has 2 aromatic heterocycles. The minimum absolute atomic E-state index is 0.0651. The fourth-order valence-corrected chi connectivity index (χ4v) is 2.97. The van der Waals surface area contributed by atoms with E-state index >= 15 is 0 Å². The van der Waals surface area contributed by atoms with Crippen molar-refractivity contribution >= 4 is 11.6 Å². The Balaban J connectivity index is 1.54. The minimum Gasteiger partial charge on any atom is -0.334 e. The fraction of sp³-hybridized carbons (Fsp3) is 0.263. The van der Waals surface area contributed by atoms with Gasteiger partial charge in [-0.2, -0.15) is 4.98 Å². The molecule has 0 N–H and O–H groups in total. The van der Waals surface area contributed by atoms with Crippen molar-refractivity contribution in [2.75, 3.05) is 11.4 Å². The first-order valence-electron chi connectivity index (χ1n) is 8.24. The molecular formula is C19H18N4O2. The van der Waals surface area contributed by atoms with Crippen molar-refractivity contribution in [1.82, 2.24) is 15.1 Å². The lowest BCUT2D eigenvalue weighted by Crippen LogP contribution is -2.24. The number of hydrogen-bond donors (Lipinski definition) is 0. The molecule has 1 amide bonds. The Kier molecular flexibility index (Phi) is 3.80. The number of aromatic nitrogens is 3. The van der Waals surface area contributed by atoms with Crippen molar-refractivity contribution in [3.05, 3.63) is 59.7 Å². The van der Waals surface area contributed by atoms with Crippen molar-refractivity contribution in [3.8, 4) is 11.5 Å². The summed E-state index contributed by atoms with van der Waals surface area (Å²) < 4.78 is 5.36. The summed E-state index contributed by atoms with van der Waals surface area (Å²) in [4.78, 5) is 22.9. The summed E-state index contributed by atoms with van der Waals surface area (Å²) >= 11 is 0. The molecule has 1 fully saturated rings. The van der Waals surface area contributed by atoms with Gasteiger partial charge in [0.25, 0.3) is 5.89 Å². The molecule has 3 heterocycles. The molecule has 3 aromatic rings. The zero-order valence-corrected chi connectivity index (χ0v) is 14.1. The van der Waals surface area contributed by atoms with Crippen LogP contribution in [0.5, 0.6) is 0 Å². The normalized spacial score (nSPS) is 17.3. The van der Waals surface area contributed by atoms with Gasteiger partial charge in [-0.25, -0.2) is 0 Å². The lowest BCUT2D eigenvalue weighted by atomic mass is 10.1. The van der Waals surface area contributed by atoms with Gasteiger partial charge in [-0.1, -0.05) is 22.9 Å². The number of carbonyl (C=O) groups excluding carboxylic acids is 1. The van der Waals surface area contributed by atoms with Gasteiger partial charge in [0.1, 0.15) is 0 Å². The van der Waals surface area contributed by atoms with Crippen LogP contribution in [0.1, 0.15) is 29.4 Å². The zero-order valence-electron chi connectivity index (χ0n) is 14.1. The Bertz CT molecular complexity index is 900. The van der Waals surface area contributed by atoms with Gasteiger partial charge < -0.3 is 9.42 Å². The second-order valence-electron chi connectivity index (χ2n) is 6.39. The van der Waals surface area contributed by atoms with E-state index in [1.807, 2.05) is 50.2 Å². The summed E-state index contributed by atoms with van der Waals surface area (Å²) in [7, 11) is 0. The first-order chi connectivity index (χ1) is 12.1. The first-order valence-corrected chi connectivity index (χ1v) is 8.24. The molecule has 6 heteroatoms. The molecule has 4 rings (SSSR count). The van der Waals surface area contributed by atoms with Crippen molar-refractivity contribution in [2.24, 2.45) is 0 Å². The lowest BCUT2D eigenvalue weighted by molar-refractivity contribution is -0.117. The van der Waals surface area contributed by atoms with Gasteiger partial charge in [-0.05, 0) is 38.1 Å². The molecule has 1 aromatic carbocycles. The Labute approximate surface area is 145 Å². The molecule has 6 nitrogen and oxygen atoms in total. The van der Waals surface area contributed by atoms with Crippen molar-refractivity contribution in [3.63, 3.8) is 0 Å². The summed E-state index contributed by atoms with van der Waals surface area (Å²) in [6.45, 7) is 4.51. The van der Waals surface area contributed by atoms with E-state index in [4.69, 9.17) is 4.52 Å².